The van der Waals surface area contributed by atoms with Gasteiger partial charge in [0.05, 0.1) is 18.9 Å². The molecule has 2 heterocycles. The van der Waals surface area contributed by atoms with Crippen molar-refractivity contribution in [2.24, 2.45) is 11.5 Å². The van der Waals surface area contributed by atoms with Crippen LogP contribution >= 0.6 is 0 Å². The molecule has 1 aromatic carbocycles. The summed E-state index contributed by atoms with van der Waals surface area (Å²) >= 11 is 0. The third kappa shape index (κ3) is 7.52. The van der Waals surface area contributed by atoms with Crippen molar-refractivity contribution in [2.45, 2.75) is 56.3 Å². The summed E-state index contributed by atoms with van der Waals surface area (Å²) < 4.78 is 0. The van der Waals surface area contributed by atoms with E-state index >= 15 is 0 Å². The first-order chi connectivity index (χ1) is 18.0. The largest absolute Gasteiger partial charge is 0.480 e. The average molecular weight is 530 g/mol. The Balaban J connectivity index is 1.72. The Kier molecular flexibility index (Phi) is 9.38. The van der Waals surface area contributed by atoms with Crippen LogP contribution in [0, 0.1) is 0 Å². The number of rotatable bonds is 13. The second-order valence-electron chi connectivity index (χ2n) is 9.08. The lowest BCUT2D eigenvalue weighted by Crippen LogP contribution is -2.58. The number of nitrogens with one attached hydrogen (secondary N) is 5. The van der Waals surface area contributed by atoms with Crippen molar-refractivity contribution in [1.82, 2.24) is 26.3 Å². The van der Waals surface area contributed by atoms with Gasteiger partial charge < -0.3 is 42.8 Å². The highest BCUT2D eigenvalue weighted by Gasteiger charge is 2.33. The van der Waals surface area contributed by atoms with E-state index in [1.54, 1.807) is 18.3 Å². The number of hydrogen-bond acceptors (Lipinski definition) is 7. The minimum Gasteiger partial charge on any atom is -0.480 e. The van der Waals surface area contributed by atoms with Gasteiger partial charge in [-0.05, 0) is 31.0 Å². The summed E-state index contributed by atoms with van der Waals surface area (Å²) in [6, 6.07) is 2.27. The topological polar surface area (TPSA) is 239 Å². The summed E-state index contributed by atoms with van der Waals surface area (Å²) in [6.07, 6.45) is 1.63. The Morgan fingerprint density at radius 1 is 0.921 bits per heavy atom. The van der Waals surface area contributed by atoms with E-state index < -0.39 is 72.5 Å². The maximum atomic E-state index is 13.0. The Labute approximate surface area is 217 Å². The predicted molar refractivity (Wildman–Crippen MR) is 134 cm³/mol. The van der Waals surface area contributed by atoms with Crippen LogP contribution in [-0.4, -0.2) is 76.3 Å². The lowest BCUT2D eigenvalue weighted by Gasteiger charge is -2.24. The highest BCUT2D eigenvalue weighted by Crippen LogP contribution is 2.19. The van der Waals surface area contributed by atoms with Gasteiger partial charge >= 0.3 is 5.97 Å². The van der Waals surface area contributed by atoms with E-state index in [9.17, 15) is 33.9 Å². The van der Waals surface area contributed by atoms with Crippen molar-refractivity contribution in [2.75, 3.05) is 6.54 Å². The molecule has 1 aromatic heterocycles. The number of carboxylic acid groups (broad SMARTS) is 1. The van der Waals surface area contributed by atoms with Gasteiger partial charge in [0.15, 0.2) is 0 Å². The fraction of sp³-hybridized carbons (Fsp3) is 0.417. The molecular weight excluding hydrogens is 498 g/mol. The first kappa shape index (κ1) is 28.1. The number of primary amides is 2. The number of carbonyl (C=O) groups is 6. The van der Waals surface area contributed by atoms with Gasteiger partial charge in [0.2, 0.25) is 29.5 Å². The van der Waals surface area contributed by atoms with Crippen LogP contribution in [0.3, 0.4) is 0 Å². The van der Waals surface area contributed by atoms with E-state index in [0.29, 0.717) is 18.5 Å². The third-order valence-corrected chi connectivity index (χ3v) is 6.17. The number of nitrogens with two attached hydrogens (primary N) is 2. The number of aromatic amines is 1. The fourth-order valence-electron chi connectivity index (χ4n) is 4.27. The van der Waals surface area contributed by atoms with Crippen molar-refractivity contribution in [3.05, 3.63) is 36.0 Å². The Hall–Kier alpha value is -4.46. The highest BCUT2D eigenvalue weighted by molar-refractivity contribution is 5.97. The van der Waals surface area contributed by atoms with Crippen molar-refractivity contribution >= 4 is 46.4 Å². The first-order valence-corrected chi connectivity index (χ1v) is 12.0. The Morgan fingerprint density at radius 2 is 1.53 bits per heavy atom. The molecule has 2 aromatic rings. The van der Waals surface area contributed by atoms with Crippen molar-refractivity contribution < 1.29 is 33.9 Å². The van der Waals surface area contributed by atoms with E-state index in [1.807, 2.05) is 12.1 Å². The number of para-hydroxylation sites is 1. The standard InChI is InChI=1S/C24H31N7O7/c25-19(32)9-16(29-21(34)15-6-3-7-27-15)22(35)30-17(10-20(26)33)23(36)31-18(24(37)38)8-12-11-28-14-5-2-1-4-13(12)14/h1-2,4-5,11,15-18,27-28H,3,6-10H2,(H2,25,32)(H2,26,33)(H,29,34)(H,30,35)(H,31,36)(H,37,38). The molecule has 14 nitrogen and oxygen atoms in total. The van der Waals surface area contributed by atoms with Crippen LogP contribution in [0.5, 0.6) is 0 Å². The summed E-state index contributed by atoms with van der Waals surface area (Å²) in [5.41, 5.74) is 11.9. The zero-order chi connectivity index (χ0) is 27.8. The minimum atomic E-state index is -1.57. The number of benzene rings is 1. The molecule has 0 aliphatic carbocycles. The van der Waals surface area contributed by atoms with E-state index in [0.717, 1.165) is 17.3 Å². The number of aromatic nitrogens is 1. The molecule has 14 heteroatoms. The zero-order valence-electron chi connectivity index (χ0n) is 20.5. The third-order valence-electron chi connectivity index (χ3n) is 6.17. The number of carbonyl (C=O) groups excluding carboxylic acids is 5. The zero-order valence-corrected chi connectivity index (χ0v) is 20.5. The van der Waals surface area contributed by atoms with Crippen molar-refractivity contribution in [3.63, 3.8) is 0 Å². The van der Waals surface area contributed by atoms with Gasteiger partial charge in [0, 0.05) is 23.5 Å². The molecule has 0 bridgehead atoms. The summed E-state index contributed by atoms with van der Waals surface area (Å²) in [6.45, 7) is 0.620. The summed E-state index contributed by atoms with van der Waals surface area (Å²) in [4.78, 5) is 76.5. The number of carboxylic acids is 1. The summed E-state index contributed by atoms with van der Waals surface area (Å²) in [7, 11) is 0. The van der Waals surface area contributed by atoms with Crippen LogP contribution in [0.15, 0.2) is 30.5 Å². The molecule has 0 radical (unpaired) electrons. The molecule has 10 N–H and O–H groups in total. The number of aliphatic carboxylic acids is 1. The molecule has 5 amide bonds. The van der Waals surface area contributed by atoms with Crippen LogP contribution in [0.2, 0.25) is 0 Å². The number of amides is 5. The lowest BCUT2D eigenvalue weighted by molar-refractivity contribution is -0.142. The highest BCUT2D eigenvalue weighted by atomic mass is 16.4. The number of H-pyrrole nitrogens is 1. The van der Waals surface area contributed by atoms with E-state index in [-0.39, 0.29) is 6.42 Å². The molecule has 204 valence electrons. The van der Waals surface area contributed by atoms with Gasteiger partial charge in [0.25, 0.3) is 0 Å². The molecule has 4 atom stereocenters. The van der Waals surface area contributed by atoms with E-state index in [2.05, 4.69) is 26.3 Å². The number of fused-ring (bicyclic) bond motifs is 1. The molecule has 0 spiro atoms. The monoisotopic (exact) mass is 529 g/mol. The van der Waals surface area contributed by atoms with Gasteiger partial charge in [-0.1, -0.05) is 18.2 Å². The Bertz CT molecular complexity index is 1220. The molecule has 38 heavy (non-hydrogen) atoms. The fourth-order valence-corrected chi connectivity index (χ4v) is 4.27. The molecular formula is C24H31N7O7. The number of hydrogen-bond donors (Lipinski definition) is 8. The lowest BCUT2D eigenvalue weighted by atomic mass is 10.0. The summed E-state index contributed by atoms with van der Waals surface area (Å²) in [5.74, 6) is -5.63. The van der Waals surface area contributed by atoms with Crippen LogP contribution in [0.25, 0.3) is 10.9 Å². The van der Waals surface area contributed by atoms with Gasteiger partial charge in [-0.3, -0.25) is 24.0 Å². The van der Waals surface area contributed by atoms with Crippen LogP contribution in [0.4, 0.5) is 0 Å². The van der Waals surface area contributed by atoms with Gasteiger partial charge in [-0.15, -0.1) is 0 Å². The smallest absolute Gasteiger partial charge is 0.326 e. The molecule has 1 saturated heterocycles. The van der Waals surface area contributed by atoms with Gasteiger partial charge in [-0.2, -0.15) is 0 Å². The molecule has 1 fully saturated rings. The summed E-state index contributed by atoms with van der Waals surface area (Å²) in [5, 5.41) is 20.5. The normalized spacial score (nSPS) is 17.2. The molecule has 4 unspecified atom stereocenters. The molecule has 1 aliphatic rings. The van der Waals surface area contributed by atoms with Crippen LogP contribution in [0.1, 0.15) is 31.2 Å². The SMILES string of the molecule is NC(=O)CC(NC(=O)C(CC(N)=O)NC(=O)C1CCCN1)C(=O)NC(Cc1c[nH]c2ccccc12)C(=O)O. The van der Waals surface area contributed by atoms with Crippen LogP contribution < -0.4 is 32.7 Å². The molecule has 3 rings (SSSR count). The first-order valence-electron chi connectivity index (χ1n) is 12.0. The van der Waals surface area contributed by atoms with Crippen molar-refractivity contribution in [1.29, 1.82) is 0 Å². The second kappa shape index (κ2) is 12.7. The molecule has 1 aliphatic heterocycles. The van der Waals surface area contributed by atoms with E-state index in [4.69, 9.17) is 11.5 Å². The Morgan fingerprint density at radius 3 is 2.11 bits per heavy atom. The van der Waals surface area contributed by atoms with Crippen molar-refractivity contribution in [3.8, 4) is 0 Å². The maximum absolute atomic E-state index is 13.0. The van der Waals surface area contributed by atoms with Crippen LogP contribution in [-0.2, 0) is 35.2 Å². The second-order valence-corrected chi connectivity index (χ2v) is 9.08. The average Bonchev–Trinajstić information content (AvgIpc) is 3.53. The predicted octanol–water partition coefficient (Wildman–Crippen LogP) is -2.25. The van der Waals surface area contributed by atoms with E-state index in [1.165, 1.54) is 0 Å². The molecule has 0 saturated carbocycles. The van der Waals surface area contributed by atoms with Gasteiger partial charge in [-0.25, -0.2) is 4.79 Å². The van der Waals surface area contributed by atoms with Gasteiger partial charge in [0.1, 0.15) is 18.1 Å². The quantitative estimate of drug-likeness (QED) is 0.141. The minimum absolute atomic E-state index is 0.0862. The maximum Gasteiger partial charge on any atom is 0.326 e.